The highest BCUT2D eigenvalue weighted by Crippen LogP contribution is 2.41. The topological polar surface area (TPSA) is 85.9 Å². The molecular weight excluding hydrogens is 431 g/mol. The van der Waals surface area contributed by atoms with Crippen molar-refractivity contribution < 1.29 is 18.3 Å². The van der Waals surface area contributed by atoms with Crippen molar-refractivity contribution in [2.45, 2.75) is 62.8 Å². The van der Waals surface area contributed by atoms with Crippen LogP contribution in [0.25, 0.3) is 22.2 Å². The number of benzene rings is 1. The van der Waals surface area contributed by atoms with Crippen LogP contribution in [0.5, 0.6) is 0 Å². The monoisotopic (exact) mass is 459 g/mol. The molecule has 1 saturated heterocycles. The Balaban J connectivity index is 1.55. The normalized spacial score (nSPS) is 24.2. The zero-order valence-electron chi connectivity index (χ0n) is 18.3. The van der Waals surface area contributed by atoms with Crippen LogP contribution < -0.4 is 10.6 Å². The lowest BCUT2D eigenvalue weighted by Crippen LogP contribution is -2.38. The highest BCUT2D eigenvalue weighted by molar-refractivity contribution is 5.97. The summed E-state index contributed by atoms with van der Waals surface area (Å²) in [5, 5.41) is 17.0. The number of nitrogens with one attached hydrogen (secondary N) is 3. The van der Waals surface area contributed by atoms with Crippen LogP contribution in [0.4, 0.5) is 19.1 Å². The molecule has 2 fully saturated rings. The molecule has 2 aliphatic rings. The van der Waals surface area contributed by atoms with Gasteiger partial charge in [0.25, 0.3) is 0 Å². The minimum Gasteiger partial charge on any atom is -0.393 e. The van der Waals surface area contributed by atoms with Crippen LogP contribution in [-0.4, -0.2) is 45.3 Å². The summed E-state index contributed by atoms with van der Waals surface area (Å²) in [7, 11) is 0. The SMILES string of the molecule is OC1CCC(c2cccc3c(-c4nc(N[C@H]5CCCNC5)ncc4C(F)(F)F)c[nH]c23)CC1. The van der Waals surface area contributed by atoms with Gasteiger partial charge in [-0.15, -0.1) is 0 Å². The number of piperidine rings is 1. The fraction of sp³-hybridized carbons (Fsp3) is 0.500. The van der Waals surface area contributed by atoms with E-state index in [-0.39, 0.29) is 29.7 Å². The molecule has 1 saturated carbocycles. The lowest BCUT2D eigenvalue weighted by Gasteiger charge is -2.26. The molecule has 1 aliphatic carbocycles. The maximum absolute atomic E-state index is 13.9. The Morgan fingerprint density at radius 3 is 2.64 bits per heavy atom. The summed E-state index contributed by atoms with van der Waals surface area (Å²) in [6, 6.07) is 5.84. The average Bonchev–Trinajstić information content (AvgIpc) is 3.24. The molecule has 3 aromatic rings. The van der Waals surface area contributed by atoms with Gasteiger partial charge < -0.3 is 20.7 Å². The van der Waals surface area contributed by atoms with Crippen molar-refractivity contribution in [2.24, 2.45) is 0 Å². The number of aliphatic hydroxyl groups excluding tert-OH is 1. The summed E-state index contributed by atoms with van der Waals surface area (Å²) in [6.07, 6.45) is 2.78. The molecular formula is C24H28F3N5O. The number of aromatic nitrogens is 3. The van der Waals surface area contributed by atoms with Gasteiger partial charge in [-0.25, -0.2) is 9.97 Å². The first-order chi connectivity index (χ1) is 15.9. The Kier molecular flexibility index (Phi) is 6.01. The number of hydrogen-bond acceptors (Lipinski definition) is 5. The van der Waals surface area contributed by atoms with E-state index in [1.807, 2.05) is 18.2 Å². The van der Waals surface area contributed by atoms with Crippen LogP contribution in [0.1, 0.15) is 55.6 Å². The van der Waals surface area contributed by atoms with E-state index in [1.165, 1.54) is 0 Å². The van der Waals surface area contributed by atoms with Gasteiger partial charge in [0.05, 0.1) is 11.8 Å². The number of alkyl halides is 3. The molecule has 6 nitrogen and oxygen atoms in total. The molecule has 5 rings (SSSR count). The van der Waals surface area contributed by atoms with Crippen molar-refractivity contribution in [3.8, 4) is 11.3 Å². The van der Waals surface area contributed by atoms with Gasteiger partial charge in [-0.3, -0.25) is 0 Å². The Labute approximate surface area is 190 Å². The molecule has 0 spiro atoms. The molecule has 4 N–H and O–H groups in total. The van der Waals surface area contributed by atoms with Crippen LogP contribution in [0, 0.1) is 0 Å². The first kappa shape index (κ1) is 22.2. The van der Waals surface area contributed by atoms with Crippen LogP contribution in [0.3, 0.4) is 0 Å². The molecule has 1 atom stereocenters. The van der Waals surface area contributed by atoms with E-state index in [9.17, 15) is 18.3 Å². The Bertz CT molecular complexity index is 1110. The Morgan fingerprint density at radius 2 is 1.91 bits per heavy atom. The minimum atomic E-state index is -4.57. The fourth-order valence-electron chi connectivity index (χ4n) is 5.12. The van der Waals surface area contributed by atoms with Crippen molar-refractivity contribution in [2.75, 3.05) is 18.4 Å². The summed E-state index contributed by atoms with van der Waals surface area (Å²) in [6.45, 7) is 1.67. The van der Waals surface area contributed by atoms with E-state index in [0.717, 1.165) is 68.9 Å². The summed E-state index contributed by atoms with van der Waals surface area (Å²) in [5.41, 5.74) is 1.38. The third-order valence-corrected chi connectivity index (χ3v) is 6.86. The first-order valence-electron chi connectivity index (χ1n) is 11.6. The largest absolute Gasteiger partial charge is 0.419 e. The molecule has 1 aromatic carbocycles. The van der Waals surface area contributed by atoms with Crippen molar-refractivity contribution in [3.63, 3.8) is 0 Å². The number of hydrogen-bond donors (Lipinski definition) is 4. The van der Waals surface area contributed by atoms with E-state index in [0.29, 0.717) is 10.9 Å². The van der Waals surface area contributed by atoms with Crippen LogP contribution in [0.2, 0.25) is 0 Å². The number of anilines is 1. The van der Waals surface area contributed by atoms with Crippen LogP contribution in [-0.2, 0) is 6.18 Å². The predicted molar refractivity (Wildman–Crippen MR) is 121 cm³/mol. The molecule has 33 heavy (non-hydrogen) atoms. The molecule has 0 bridgehead atoms. The fourth-order valence-corrected chi connectivity index (χ4v) is 5.12. The van der Waals surface area contributed by atoms with Gasteiger partial charge in [0.15, 0.2) is 0 Å². The third-order valence-electron chi connectivity index (χ3n) is 6.86. The summed E-state index contributed by atoms with van der Waals surface area (Å²) >= 11 is 0. The zero-order valence-corrected chi connectivity index (χ0v) is 18.3. The molecule has 0 radical (unpaired) electrons. The highest BCUT2D eigenvalue weighted by atomic mass is 19.4. The zero-order chi connectivity index (χ0) is 23.0. The Hall–Kier alpha value is -2.65. The molecule has 0 unspecified atom stereocenters. The maximum atomic E-state index is 13.9. The van der Waals surface area contributed by atoms with E-state index in [4.69, 9.17) is 0 Å². The number of aliphatic hydroxyl groups is 1. The summed E-state index contributed by atoms with van der Waals surface area (Å²) in [4.78, 5) is 11.6. The predicted octanol–water partition coefficient (Wildman–Crippen LogP) is 4.83. The highest BCUT2D eigenvalue weighted by Gasteiger charge is 2.36. The van der Waals surface area contributed by atoms with E-state index >= 15 is 0 Å². The van der Waals surface area contributed by atoms with E-state index < -0.39 is 11.7 Å². The van der Waals surface area contributed by atoms with Gasteiger partial charge in [0, 0.05) is 41.4 Å². The van der Waals surface area contributed by atoms with Crippen molar-refractivity contribution in [3.05, 3.63) is 41.7 Å². The number of rotatable bonds is 4. The number of fused-ring (bicyclic) bond motifs is 1. The van der Waals surface area contributed by atoms with Crippen molar-refractivity contribution in [1.29, 1.82) is 0 Å². The lowest BCUT2D eigenvalue weighted by atomic mass is 9.82. The quantitative estimate of drug-likeness (QED) is 0.449. The number of para-hydroxylation sites is 1. The van der Waals surface area contributed by atoms with Gasteiger partial charge in [-0.2, -0.15) is 13.2 Å². The third kappa shape index (κ3) is 4.56. The van der Waals surface area contributed by atoms with Crippen LogP contribution >= 0.6 is 0 Å². The smallest absolute Gasteiger partial charge is 0.393 e. The first-order valence-corrected chi connectivity index (χ1v) is 11.6. The standard InChI is InChI=1S/C24H28F3N5O/c25-24(26,27)20-13-30-23(31-15-3-2-10-28-11-15)32-22(20)19-12-29-21-17(4-1-5-18(19)21)14-6-8-16(33)9-7-14/h1,4-5,12-16,28-29,33H,2-3,6-11H2,(H,30,31,32)/t14?,15-,16?/m0/s1. The minimum absolute atomic E-state index is 0.0829. The molecule has 2 aromatic heterocycles. The Morgan fingerprint density at radius 1 is 1.09 bits per heavy atom. The van der Waals surface area contributed by atoms with Crippen molar-refractivity contribution >= 4 is 16.9 Å². The second kappa shape index (κ2) is 8.95. The van der Waals surface area contributed by atoms with Gasteiger partial charge >= 0.3 is 6.18 Å². The molecule has 9 heteroatoms. The number of aromatic amines is 1. The molecule has 3 heterocycles. The van der Waals surface area contributed by atoms with Gasteiger partial charge in [0.1, 0.15) is 5.56 Å². The number of halogens is 3. The summed E-state index contributed by atoms with van der Waals surface area (Å²) in [5.74, 6) is 0.477. The number of H-pyrrole nitrogens is 1. The second-order valence-corrected chi connectivity index (χ2v) is 9.12. The lowest BCUT2D eigenvalue weighted by molar-refractivity contribution is -0.137. The maximum Gasteiger partial charge on any atom is 0.419 e. The molecule has 1 aliphatic heterocycles. The van der Waals surface area contributed by atoms with Gasteiger partial charge in [0.2, 0.25) is 5.95 Å². The molecule has 176 valence electrons. The van der Waals surface area contributed by atoms with Gasteiger partial charge in [-0.1, -0.05) is 18.2 Å². The van der Waals surface area contributed by atoms with Crippen LogP contribution in [0.15, 0.2) is 30.6 Å². The summed E-state index contributed by atoms with van der Waals surface area (Å²) < 4.78 is 41.7. The second-order valence-electron chi connectivity index (χ2n) is 9.12. The molecule has 0 amide bonds. The van der Waals surface area contributed by atoms with Gasteiger partial charge in [-0.05, 0) is 56.6 Å². The number of nitrogens with zero attached hydrogens (tertiary/aromatic N) is 2. The van der Waals surface area contributed by atoms with Crippen molar-refractivity contribution in [1.82, 2.24) is 20.3 Å². The van der Waals surface area contributed by atoms with E-state index in [2.05, 4.69) is 25.6 Å². The van der Waals surface area contributed by atoms with E-state index in [1.54, 1.807) is 6.20 Å². The average molecular weight is 460 g/mol.